The van der Waals surface area contributed by atoms with E-state index in [0.29, 0.717) is 5.91 Å². The first-order valence-corrected chi connectivity index (χ1v) is 12.0. The van der Waals surface area contributed by atoms with Crippen molar-refractivity contribution >= 4 is 22.9 Å². The number of imidazole rings is 1. The van der Waals surface area contributed by atoms with Crippen LogP contribution in [0.4, 0.5) is 5.82 Å². The number of piperidine rings is 1. The van der Waals surface area contributed by atoms with Crippen LogP contribution in [0, 0.1) is 5.92 Å². The molecule has 3 aromatic rings. The Labute approximate surface area is 188 Å². The minimum Gasteiger partial charge on any atom is -0.356 e. The number of likely N-dealkylation sites (tertiary alicyclic amines) is 1. The highest BCUT2D eigenvalue weighted by Crippen LogP contribution is 2.47. The Morgan fingerprint density at radius 1 is 1.03 bits per heavy atom. The van der Waals surface area contributed by atoms with Crippen molar-refractivity contribution in [3.05, 3.63) is 48.0 Å². The first-order valence-electron chi connectivity index (χ1n) is 12.0. The molecule has 166 valence electrons. The number of pyridine rings is 2. The minimum absolute atomic E-state index is 0.0759. The molecule has 6 rings (SSSR count). The van der Waals surface area contributed by atoms with E-state index in [1.165, 1.54) is 12.0 Å². The summed E-state index contributed by atoms with van der Waals surface area (Å²) in [6, 6.07) is 8.33. The van der Waals surface area contributed by atoms with Crippen LogP contribution in [0.5, 0.6) is 0 Å². The van der Waals surface area contributed by atoms with Crippen molar-refractivity contribution in [1.29, 1.82) is 0 Å². The number of hydrogen-bond donors (Lipinski definition) is 1. The fourth-order valence-electron chi connectivity index (χ4n) is 5.71. The standard InChI is InChI=1S/C25H30N6O/c32-23(30-13-1-2-14-30)18-6-4-15-31(17-18)21-9-8-20-22(28-21)29-24(27-20)25(10-5-11-25)19-7-3-12-26-16-19/h3,7-9,12,16,18H,1-2,4-6,10-11,13-15,17H2,(H,27,28,29). The van der Waals surface area contributed by atoms with E-state index in [9.17, 15) is 4.79 Å². The minimum atomic E-state index is -0.0759. The number of nitrogens with zero attached hydrogens (tertiary/aromatic N) is 5. The Balaban J connectivity index is 1.26. The second-order valence-electron chi connectivity index (χ2n) is 9.62. The molecule has 2 saturated heterocycles. The number of hydrogen-bond acceptors (Lipinski definition) is 5. The summed E-state index contributed by atoms with van der Waals surface area (Å²) in [5.74, 6) is 2.34. The number of carbonyl (C=O) groups excluding carboxylic acids is 1. The van der Waals surface area contributed by atoms with E-state index in [0.717, 1.165) is 87.5 Å². The molecule has 1 amide bonds. The number of carbonyl (C=O) groups is 1. The normalized spacial score (nSPS) is 22.8. The quantitative estimate of drug-likeness (QED) is 0.683. The van der Waals surface area contributed by atoms with Crippen molar-refractivity contribution in [2.24, 2.45) is 5.92 Å². The van der Waals surface area contributed by atoms with Gasteiger partial charge in [0.25, 0.3) is 0 Å². The van der Waals surface area contributed by atoms with Gasteiger partial charge in [-0.15, -0.1) is 0 Å². The molecule has 1 saturated carbocycles. The van der Waals surface area contributed by atoms with Gasteiger partial charge in [0, 0.05) is 38.6 Å². The predicted octanol–water partition coefficient (Wildman–Crippen LogP) is 3.66. The largest absolute Gasteiger partial charge is 0.356 e. The summed E-state index contributed by atoms with van der Waals surface area (Å²) in [6.07, 6.45) is 11.4. The van der Waals surface area contributed by atoms with Crippen LogP contribution in [0.2, 0.25) is 0 Å². The molecule has 3 aromatic heterocycles. The zero-order valence-corrected chi connectivity index (χ0v) is 18.5. The lowest BCUT2D eigenvalue weighted by molar-refractivity contribution is -0.134. The number of aromatic nitrogens is 4. The van der Waals surface area contributed by atoms with Gasteiger partial charge in [0.05, 0.1) is 16.8 Å². The smallest absolute Gasteiger partial charge is 0.227 e. The van der Waals surface area contributed by atoms with Crippen LogP contribution in [0.25, 0.3) is 11.2 Å². The number of H-pyrrole nitrogens is 1. The van der Waals surface area contributed by atoms with E-state index in [1.54, 1.807) is 0 Å². The summed E-state index contributed by atoms with van der Waals surface area (Å²) in [4.78, 5) is 35.0. The second kappa shape index (κ2) is 7.87. The van der Waals surface area contributed by atoms with E-state index < -0.39 is 0 Å². The van der Waals surface area contributed by atoms with Gasteiger partial charge in [0.2, 0.25) is 5.91 Å². The highest BCUT2D eigenvalue weighted by molar-refractivity contribution is 5.80. The first-order chi connectivity index (χ1) is 15.7. The number of aromatic amines is 1. The number of fused-ring (bicyclic) bond motifs is 1. The molecule has 3 aliphatic rings. The third-order valence-electron chi connectivity index (χ3n) is 7.72. The van der Waals surface area contributed by atoms with Gasteiger partial charge < -0.3 is 14.8 Å². The van der Waals surface area contributed by atoms with Crippen LogP contribution in [0.3, 0.4) is 0 Å². The van der Waals surface area contributed by atoms with Crippen LogP contribution in [-0.2, 0) is 10.2 Å². The molecule has 5 heterocycles. The number of nitrogens with one attached hydrogen (secondary N) is 1. The highest BCUT2D eigenvalue weighted by atomic mass is 16.2. The van der Waals surface area contributed by atoms with Gasteiger partial charge >= 0.3 is 0 Å². The molecule has 0 spiro atoms. The molecular weight excluding hydrogens is 400 g/mol. The van der Waals surface area contributed by atoms with Gasteiger partial charge in [-0.3, -0.25) is 9.78 Å². The summed E-state index contributed by atoms with van der Waals surface area (Å²) < 4.78 is 0. The van der Waals surface area contributed by atoms with Crippen LogP contribution < -0.4 is 4.90 Å². The zero-order chi connectivity index (χ0) is 21.5. The van der Waals surface area contributed by atoms with Gasteiger partial charge in [0.1, 0.15) is 11.6 Å². The Bertz CT molecular complexity index is 1120. The molecule has 1 N–H and O–H groups in total. The number of rotatable bonds is 4. The lowest BCUT2D eigenvalue weighted by Crippen LogP contribution is -2.44. The van der Waals surface area contributed by atoms with E-state index in [1.807, 2.05) is 18.5 Å². The Kier molecular flexibility index (Phi) is 4.85. The van der Waals surface area contributed by atoms with E-state index in [4.69, 9.17) is 9.97 Å². The van der Waals surface area contributed by atoms with Gasteiger partial charge in [-0.1, -0.05) is 12.5 Å². The zero-order valence-electron chi connectivity index (χ0n) is 18.5. The van der Waals surface area contributed by atoms with Crippen molar-refractivity contribution in [2.45, 2.75) is 50.4 Å². The van der Waals surface area contributed by atoms with Crippen molar-refractivity contribution < 1.29 is 4.79 Å². The van der Waals surface area contributed by atoms with Crippen molar-refractivity contribution in [3.8, 4) is 0 Å². The molecule has 2 aliphatic heterocycles. The Morgan fingerprint density at radius 2 is 1.91 bits per heavy atom. The predicted molar refractivity (Wildman–Crippen MR) is 124 cm³/mol. The Hall–Kier alpha value is -2.96. The summed E-state index contributed by atoms with van der Waals surface area (Å²) in [7, 11) is 0. The third kappa shape index (κ3) is 3.26. The topological polar surface area (TPSA) is 78.0 Å². The SMILES string of the molecule is O=C(C1CCCN(c2ccc3[nH]c(C4(c5cccnc5)CCC4)nc3n2)C1)N1CCCC1. The van der Waals surface area contributed by atoms with Crippen LogP contribution in [0.15, 0.2) is 36.7 Å². The lowest BCUT2D eigenvalue weighted by atomic mass is 9.64. The maximum Gasteiger partial charge on any atom is 0.227 e. The molecule has 0 aromatic carbocycles. The van der Waals surface area contributed by atoms with Crippen molar-refractivity contribution in [2.75, 3.05) is 31.1 Å². The van der Waals surface area contributed by atoms with Crippen molar-refractivity contribution in [1.82, 2.24) is 24.8 Å². The molecule has 7 heteroatoms. The maximum atomic E-state index is 12.9. The maximum absolute atomic E-state index is 12.9. The van der Waals surface area contributed by atoms with Crippen molar-refractivity contribution in [3.63, 3.8) is 0 Å². The molecular formula is C25H30N6O. The average Bonchev–Trinajstić information content (AvgIpc) is 3.49. The molecule has 1 atom stereocenters. The highest BCUT2D eigenvalue weighted by Gasteiger charge is 2.43. The Morgan fingerprint density at radius 3 is 2.66 bits per heavy atom. The average molecular weight is 431 g/mol. The second-order valence-corrected chi connectivity index (χ2v) is 9.62. The van der Waals surface area contributed by atoms with Gasteiger partial charge in [-0.25, -0.2) is 9.97 Å². The van der Waals surface area contributed by atoms with E-state index in [-0.39, 0.29) is 11.3 Å². The van der Waals surface area contributed by atoms with Gasteiger partial charge in [0.15, 0.2) is 5.65 Å². The fraction of sp³-hybridized carbons (Fsp3) is 0.520. The van der Waals surface area contributed by atoms with Crippen LogP contribution in [0.1, 0.15) is 56.3 Å². The molecule has 0 radical (unpaired) electrons. The molecule has 3 fully saturated rings. The third-order valence-corrected chi connectivity index (χ3v) is 7.72. The number of anilines is 1. The van der Waals surface area contributed by atoms with Crippen LogP contribution >= 0.6 is 0 Å². The molecule has 1 aliphatic carbocycles. The van der Waals surface area contributed by atoms with Crippen LogP contribution in [-0.4, -0.2) is 56.9 Å². The first kappa shape index (κ1) is 19.7. The summed E-state index contributed by atoms with van der Waals surface area (Å²) >= 11 is 0. The summed E-state index contributed by atoms with van der Waals surface area (Å²) in [6.45, 7) is 3.55. The van der Waals surface area contributed by atoms with E-state index >= 15 is 0 Å². The molecule has 7 nitrogen and oxygen atoms in total. The molecule has 32 heavy (non-hydrogen) atoms. The van der Waals surface area contributed by atoms with E-state index in [2.05, 4.69) is 38.0 Å². The summed E-state index contributed by atoms with van der Waals surface area (Å²) in [5, 5.41) is 0. The number of amides is 1. The molecule has 1 unspecified atom stereocenters. The van der Waals surface area contributed by atoms with Gasteiger partial charge in [-0.05, 0) is 62.3 Å². The monoisotopic (exact) mass is 430 g/mol. The fourth-order valence-corrected chi connectivity index (χ4v) is 5.71. The van der Waals surface area contributed by atoms with Gasteiger partial charge in [-0.2, -0.15) is 0 Å². The molecule has 0 bridgehead atoms. The summed E-state index contributed by atoms with van der Waals surface area (Å²) in [5.41, 5.74) is 2.89. The lowest BCUT2D eigenvalue weighted by Gasteiger charge is -2.40.